The highest BCUT2D eigenvalue weighted by molar-refractivity contribution is 5.42. The minimum Gasteiger partial charge on any atom is -0.399 e. The van der Waals surface area contributed by atoms with Crippen LogP contribution in [-0.2, 0) is 4.74 Å². The summed E-state index contributed by atoms with van der Waals surface area (Å²) in [5.74, 6) is 0.829. The quantitative estimate of drug-likeness (QED) is 0.811. The first-order chi connectivity index (χ1) is 8.34. The second-order valence-corrected chi connectivity index (χ2v) is 5.10. The third-order valence-electron chi connectivity index (χ3n) is 3.76. The van der Waals surface area contributed by atoms with Crippen molar-refractivity contribution in [2.24, 2.45) is 5.92 Å². The lowest BCUT2D eigenvalue weighted by Gasteiger charge is -2.35. The largest absolute Gasteiger partial charge is 0.399 e. The zero-order valence-electron chi connectivity index (χ0n) is 10.1. The number of hydrogen-bond acceptors (Lipinski definition) is 3. The molecule has 92 valence electrons. The summed E-state index contributed by atoms with van der Waals surface area (Å²) in [6.07, 6.45) is 2.72. The molecule has 1 unspecified atom stereocenters. The average molecular weight is 232 g/mol. The van der Waals surface area contributed by atoms with Gasteiger partial charge in [-0.25, -0.2) is 0 Å². The molecular weight excluding hydrogens is 212 g/mol. The van der Waals surface area contributed by atoms with Crippen LogP contribution in [0.5, 0.6) is 0 Å². The zero-order chi connectivity index (χ0) is 11.7. The molecule has 3 heteroatoms. The van der Waals surface area contributed by atoms with Crippen molar-refractivity contribution in [2.75, 3.05) is 32.0 Å². The summed E-state index contributed by atoms with van der Waals surface area (Å²) in [6.45, 7) is 3.84. The number of nitrogens with zero attached hydrogens (tertiary/aromatic N) is 1. The fourth-order valence-electron chi connectivity index (χ4n) is 2.79. The Hall–Kier alpha value is -1.06. The molecule has 1 aliphatic heterocycles. The van der Waals surface area contributed by atoms with Crippen molar-refractivity contribution in [3.05, 3.63) is 29.8 Å². The Morgan fingerprint density at radius 2 is 2.00 bits per heavy atom. The number of nitrogens with two attached hydrogens (primary N) is 1. The Balaban J connectivity index is 1.83. The fraction of sp³-hybridized carbons (Fsp3) is 0.571. The van der Waals surface area contributed by atoms with Gasteiger partial charge in [-0.3, -0.25) is 4.90 Å². The van der Waals surface area contributed by atoms with E-state index in [4.69, 9.17) is 10.5 Å². The summed E-state index contributed by atoms with van der Waals surface area (Å²) in [5, 5.41) is 0. The van der Waals surface area contributed by atoms with Crippen LogP contribution in [0.2, 0.25) is 0 Å². The van der Waals surface area contributed by atoms with E-state index < -0.39 is 0 Å². The molecule has 1 saturated carbocycles. The van der Waals surface area contributed by atoms with Gasteiger partial charge in [0.1, 0.15) is 0 Å². The first kappa shape index (κ1) is 11.1. The third kappa shape index (κ3) is 2.45. The Bertz CT molecular complexity index is 384. The lowest BCUT2D eigenvalue weighted by atomic mass is 9.99. The molecule has 0 spiro atoms. The molecule has 3 nitrogen and oxygen atoms in total. The minimum atomic E-state index is 0.558. The number of hydrogen-bond donors (Lipinski definition) is 1. The molecule has 0 radical (unpaired) electrons. The molecule has 17 heavy (non-hydrogen) atoms. The van der Waals surface area contributed by atoms with E-state index in [0.717, 1.165) is 37.9 Å². The Labute approximate surface area is 103 Å². The molecule has 2 aliphatic rings. The molecular formula is C14H20N2O. The Kier molecular flexibility index (Phi) is 3.04. The third-order valence-corrected chi connectivity index (χ3v) is 3.76. The summed E-state index contributed by atoms with van der Waals surface area (Å²) < 4.78 is 5.44. The second-order valence-electron chi connectivity index (χ2n) is 5.10. The Morgan fingerprint density at radius 3 is 2.65 bits per heavy atom. The smallest absolute Gasteiger partial charge is 0.0594 e. The number of rotatable bonds is 3. The van der Waals surface area contributed by atoms with Crippen LogP contribution in [0.3, 0.4) is 0 Å². The van der Waals surface area contributed by atoms with Gasteiger partial charge in [-0.2, -0.15) is 0 Å². The van der Waals surface area contributed by atoms with Crippen molar-refractivity contribution >= 4 is 5.69 Å². The molecule has 1 saturated heterocycles. The van der Waals surface area contributed by atoms with Gasteiger partial charge in [-0.15, -0.1) is 0 Å². The normalized spacial score (nSPS) is 23.5. The van der Waals surface area contributed by atoms with Crippen molar-refractivity contribution in [3.63, 3.8) is 0 Å². The van der Waals surface area contributed by atoms with Gasteiger partial charge in [0.2, 0.25) is 0 Å². The summed E-state index contributed by atoms with van der Waals surface area (Å²) in [7, 11) is 0. The average Bonchev–Trinajstić information content (AvgIpc) is 3.15. The van der Waals surface area contributed by atoms with Gasteiger partial charge in [-0.05, 0) is 36.5 Å². The highest BCUT2D eigenvalue weighted by atomic mass is 16.5. The van der Waals surface area contributed by atoms with E-state index in [9.17, 15) is 0 Å². The van der Waals surface area contributed by atoms with Crippen molar-refractivity contribution in [1.82, 2.24) is 4.90 Å². The van der Waals surface area contributed by atoms with E-state index in [0.29, 0.717) is 6.04 Å². The maximum Gasteiger partial charge on any atom is 0.0594 e. The second kappa shape index (κ2) is 4.67. The molecule has 1 heterocycles. The van der Waals surface area contributed by atoms with Crippen molar-refractivity contribution < 1.29 is 4.74 Å². The molecule has 1 aromatic rings. The summed E-state index contributed by atoms with van der Waals surface area (Å²) in [6, 6.07) is 8.95. The standard InChI is InChI=1S/C14H20N2O/c15-13-3-1-2-12(10-13)14(11-4-5-11)16-6-8-17-9-7-16/h1-3,10-11,14H,4-9,15H2. The maximum absolute atomic E-state index is 5.90. The number of morpholine rings is 1. The van der Waals surface area contributed by atoms with Crippen LogP contribution in [0.15, 0.2) is 24.3 Å². The van der Waals surface area contributed by atoms with Gasteiger partial charge in [0, 0.05) is 24.8 Å². The highest BCUT2D eigenvalue weighted by Gasteiger charge is 2.36. The molecule has 0 amide bonds. The van der Waals surface area contributed by atoms with Crippen molar-refractivity contribution in [2.45, 2.75) is 18.9 Å². The molecule has 3 rings (SSSR count). The van der Waals surface area contributed by atoms with Gasteiger partial charge >= 0.3 is 0 Å². The molecule has 1 atom stereocenters. The van der Waals surface area contributed by atoms with E-state index in [2.05, 4.69) is 23.1 Å². The van der Waals surface area contributed by atoms with E-state index >= 15 is 0 Å². The van der Waals surface area contributed by atoms with Crippen LogP contribution < -0.4 is 5.73 Å². The van der Waals surface area contributed by atoms with Crippen LogP contribution in [0, 0.1) is 5.92 Å². The predicted molar refractivity (Wildman–Crippen MR) is 68.7 cm³/mol. The monoisotopic (exact) mass is 232 g/mol. The fourth-order valence-corrected chi connectivity index (χ4v) is 2.79. The van der Waals surface area contributed by atoms with Crippen LogP contribution in [0.25, 0.3) is 0 Å². The highest BCUT2D eigenvalue weighted by Crippen LogP contribution is 2.44. The van der Waals surface area contributed by atoms with Crippen molar-refractivity contribution in [3.8, 4) is 0 Å². The number of nitrogen functional groups attached to an aromatic ring is 1. The maximum atomic E-state index is 5.90. The van der Waals surface area contributed by atoms with Gasteiger partial charge < -0.3 is 10.5 Å². The summed E-state index contributed by atoms with van der Waals surface area (Å²) >= 11 is 0. The molecule has 0 aromatic heterocycles. The van der Waals surface area contributed by atoms with Crippen LogP contribution in [0.1, 0.15) is 24.4 Å². The topological polar surface area (TPSA) is 38.5 Å². The van der Waals surface area contributed by atoms with E-state index in [-0.39, 0.29) is 0 Å². The van der Waals surface area contributed by atoms with Crippen LogP contribution >= 0.6 is 0 Å². The van der Waals surface area contributed by atoms with Crippen LogP contribution in [0.4, 0.5) is 5.69 Å². The molecule has 2 fully saturated rings. The van der Waals surface area contributed by atoms with Gasteiger partial charge in [0.25, 0.3) is 0 Å². The first-order valence-electron chi connectivity index (χ1n) is 6.52. The van der Waals surface area contributed by atoms with Gasteiger partial charge in [-0.1, -0.05) is 12.1 Å². The predicted octanol–water partition coefficient (Wildman–Crippen LogP) is 2.05. The molecule has 0 bridgehead atoms. The molecule has 1 aromatic carbocycles. The zero-order valence-corrected chi connectivity index (χ0v) is 10.1. The van der Waals surface area contributed by atoms with E-state index in [1.54, 1.807) is 0 Å². The van der Waals surface area contributed by atoms with Crippen LogP contribution in [-0.4, -0.2) is 31.2 Å². The molecule has 2 N–H and O–H groups in total. The Morgan fingerprint density at radius 1 is 1.24 bits per heavy atom. The molecule has 1 aliphatic carbocycles. The summed E-state index contributed by atoms with van der Waals surface area (Å²) in [5.41, 5.74) is 8.16. The van der Waals surface area contributed by atoms with Gasteiger partial charge in [0.05, 0.1) is 13.2 Å². The SMILES string of the molecule is Nc1cccc(C(C2CC2)N2CCOCC2)c1. The number of anilines is 1. The van der Waals surface area contributed by atoms with Crippen molar-refractivity contribution in [1.29, 1.82) is 0 Å². The van der Waals surface area contributed by atoms with E-state index in [1.807, 2.05) is 6.07 Å². The lowest BCUT2D eigenvalue weighted by Crippen LogP contribution is -2.39. The van der Waals surface area contributed by atoms with E-state index in [1.165, 1.54) is 18.4 Å². The van der Waals surface area contributed by atoms with Gasteiger partial charge in [0.15, 0.2) is 0 Å². The number of benzene rings is 1. The lowest BCUT2D eigenvalue weighted by molar-refractivity contribution is 0.0111. The minimum absolute atomic E-state index is 0.558. The summed E-state index contributed by atoms with van der Waals surface area (Å²) in [4.78, 5) is 2.57. The number of ether oxygens (including phenoxy) is 1. The first-order valence-corrected chi connectivity index (χ1v) is 6.52.